The number of hydrogen-bond acceptors (Lipinski definition) is 5. The molecule has 25 heavy (non-hydrogen) atoms. The predicted octanol–water partition coefficient (Wildman–Crippen LogP) is 2.32. The predicted molar refractivity (Wildman–Crippen MR) is 104 cm³/mol. The number of likely N-dealkylation sites (N-methyl/N-ethyl adjacent to an activating group) is 1. The fraction of sp³-hybridized carbons (Fsp3) is 0.312. The van der Waals surface area contributed by atoms with Crippen molar-refractivity contribution in [3.63, 3.8) is 0 Å². The van der Waals surface area contributed by atoms with E-state index in [1.807, 2.05) is 6.92 Å². The maximum absolute atomic E-state index is 12.1. The van der Waals surface area contributed by atoms with Gasteiger partial charge >= 0.3 is 0 Å². The molecule has 138 valence electrons. The van der Waals surface area contributed by atoms with Crippen LogP contribution in [0.2, 0.25) is 0 Å². The molecule has 0 aliphatic rings. The Morgan fingerprint density at radius 2 is 1.92 bits per heavy atom. The second-order valence-electron chi connectivity index (χ2n) is 5.50. The molecule has 0 aliphatic carbocycles. The van der Waals surface area contributed by atoms with Crippen LogP contribution in [0, 0.1) is 0 Å². The maximum Gasteiger partial charge on any atom is 0.271 e. The molecule has 0 radical (unpaired) electrons. The summed E-state index contributed by atoms with van der Waals surface area (Å²) in [5.41, 5.74) is 6.84. The van der Waals surface area contributed by atoms with E-state index in [1.54, 1.807) is 53.7 Å². The van der Waals surface area contributed by atoms with Gasteiger partial charge in [-0.05, 0) is 36.1 Å². The SMILES string of the molecule is CC(CN)N(C)C(=O)Cc1ccc(NS(=O)(=O)c2cccs2)cc1.Cl. The third-order valence-corrected chi connectivity index (χ3v) is 6.50. The Bertz CT molecular complexity index is 777. The summed E-state index contributed by atoms with van der Waals surface area (Å²) in [7, 11) is -1.83. The first-order valence-electron chi connectivity index (χ1n) is 7.44. The average molecular weight is 404 g/mol. The topological polar surface area (TPSA) is 92.5 Å². The molecule has 9 heteroatoms. The zero-order valence-electron chi connectivity index (χ0n) is 14.0. The van der Waals surface area contributed by atoms with Gasteiger partial charge in [-0.3, -0.25) is 9.52 Å². The van der Waals surface area contributed by atoms with E-state index in [4.69, 9.17) is 5.73 Å². The fourth-order valence-corrected chi connectivity index (χ4v) is 4.07. The van der Waals surface area contributed by atoms with E-state index in [0.29, 0.717) is 12.2 Å². The Morgan fingerprint density at radius 1 is 1.28 bits per heavy atom. The Hall–Kier alpha value is -1.61. The second kappa shape index (κ2) is 9.19. The molecule has 0 spiro atoms. The molecule has 2 aromatic rings. The number of amides is 1. The van der Waals surface area contributed by atoms with Crippen LogP contribution >= 0.6 is 23.7 Å². The Morgan fingerprint density at radius 3 is 2.44 bits per heavy atom. The highest BCUT2D eigenvalue weighted by Gasteiger charge is 2.16. The molecule has 6 nitrogen and oxygen atoms in total. The Labute approximate surface area is 158 Å². The first kappa shape index (κ1) is 21.4. The van der Waals surface area contributed by atoms with Gasteiger partial charge in [0.2, 0.25) is 5.91 Å². The molecule has 1 heterocycles. The summed E-state index contributed by atoms with van der Waals surface area (Å²) in [5, 5.41) is 1.71. The molecule has 0 saturated carbocycles. The number of nitrogens with zero attached hydrogens (tertiary/aromatic N) is 1. The fourth-order valence-electron chi connectivity index (χ4n) is 2.02. The molecule has 0 fully saturated rings. The number of nitrogens with two attached hydrogens (primary N) is 1. The van der Waals surface area contributed by atoms with Gasteiger partial charge in [0.05, 0.1) is 6.42 Å². The van der Waals surface area contributed by atoms with Crippen LogP contribution in [0.25, 0.3) is 0 Å². The quantitative estimate of drug-likeness (QED) is 0.741. The summed E-state index contributed by atoms with van der Waals surface area (Å²) in [6.07, 6.45) is 0.249. The van der Waals surface area contributed by atoms with Crippen molar-refractivity contribution < 1.29 is 13.2 Å². The molecule has 0 aliphatic heterocycles. The minimum atomic E-state index is -3.55. The van der Waals surface area contributed by atoms with E-state index in [1.165, 1.54) is 0 Å². The van der Waals surface area contributed by atoms with Gasteiger partial charge in [0.15, 0.2) is 0 Å². The first-order chi connectivity index (χ1) is 11.3. The van der Waals surface area contributed by atoms with Gasteiger partial charge in [0.1, 0.15) is 4.21 Å². The normalized spacial score (nSPS) is 12.1. The van der Waals surface area contributed by atoms with Crippen LogP contribution in [0.15, 0.2) is 46.0 Å². The lowest BCUT2D eigenvalue weighted by Gasteiger charge is -2.23. The van der Waals surface area contributed by atoms with Crippen molar-refractivity contribution in [3.8, 4) is 0 Å². The third-order valence-electron chi connectivity index (χ3n) is 3.72. The van der Waals surface area contributed by atoms with Crippen molar-refractivity contribution >= 4 is 45.4 Å². The van der Waals surface area contributed by atoms with E-state index in [9.17, 15) is 13.2 Å². The number of sulfonamides is 1. The zero-order valence-corrected chi connectivity index (χ0v) is 16.5. The molecule has 1 atom stereocenters. The minimum Gasteiger partial charge on any atom is -0.341 e. The molecule has 1 unspecified atom stereocenters. The van der Waals surface area contributed by atoms with Crippen molar-refractivity contribution in [2.45, 2.75) is 23.6 Å². The van der Waals surface area contributed by atoms with Gasteiger partial charge in [-0.25, -0.2) is 8.42 Å². The number of nitrogens with one attached hydrogen (secondary N) is 1. The first-order valence-corrected chi connectivity index (χ1v) is 9.81. The van der Waals surface area contributed by atoms with Crippen LogP contribution in [-0.4, -0.2) is 38.9 Å². The number of halogens is 1. The molecule has 1 aromatic carbocycles. The van der Waals surface area contributed by atoms with E-state index < -0.39 is 10.0 Å². The van der Waals surface area contributed by atoms with Crippen molar-refractivity contribution in [3.05, 3.63) is 47.3 Å². The molecular weight excluding hydrogens is 382 g/mol. The minimum absolute atomic E-state index is 0. The number of carbonyl (C=O) groups excluding carboxylic acids is 1. The molecular formula is C16H22ClN3O3S2. The van der Waals surface area contributed by atoms with E-state index in [-0.39, 0.29) is 35.0 Å². The van der Waals surface area contributed by atoms with Gasteiger partial charge < -0.3 is 10.6 Å². The van der Waals surface area contributed by atoms with E-state index >= 15 is 0 Å². The van der Waals surface area contributed by atoms with Gasteiger partial charge in [0, 0.05) is 25.3 Å². The van der Waals surface area contributed by atoms with Crippen LogP contribution in [0.1, 0.15) is 12.5 Å². The monoisotopic (exact) mass is 403 g/mol. The summed E-state index contributed by atoms with van der Waals surface area (Å²) < 4.78 is 27.1. The van der Waals surface area contributed by atoms with E-state index in [2.05, 4.69) is 4.72 Å². The highest BCUT2D eigenvalue weighted by Crippen LogP contribution is 2.20. The average Bonchev–Trinajstić information content (AvgIpc) is 3.10. The van der Waals surface area contributed by atoms with Gasteiger partial charge in [-0.15, -0.1) is 23.7 Å². The number of carbonyl (C=O) groups is 1. The van der Waals surface area contributed by atoms with Crippen molar-refractivity contribution in [1.82, 2.24) is 4.90 Å². The molecule has 0 saturated heterocycles. The maximum atomic E-state index is 12.1. The smallest absolute Gasteiger partial charge is 0.271 e. The highest BCUT2D eigenvalue weighted by atomic mass is 35.5. The lowest BCUT2D eigenvalue weighted by molar-refractivity contribution is -0.130. The lowest BCUT2D eigenvalue weighted by Crippen LogP contribution is -2.40. The lowest BCUT2D eigenvalue weighted by atomic mass is 10.1. The number of rotatable bonds is 7. The number of thiophene rings is 1. The molecule has 0 bridgehead atoms. The van der Waals surface area contributed by atoms with E-state index in [0.717, 1.165) is 16.9 Å². The van der Waals surface area contributed by atoms with Gasteiger partial charge in [-0.1, -0.05) is 18.2 Å². The van der Waals surface area contributed by atoms with Crippen LogP contribution in [0.4, 0.5) is 5.69 Å². The molecule has 1 amide bonds. The second-order valence-corrected chi connectivity index (χ2v) is 8.36. The Balaban J connectivity index is 0.00000312. The highest BCUT2D eigenvalue weighted by molar-refractivity contribution is 7.94. The molecule has 2 rings (SSSR count). The van der Waals surface area contributed by atoms with Crippen LogP contribution in [-0.2, 0) is 21.2 Å². The van der Waals surface area contributed by atoms with Crippen molar-refractivity contribution in [1.29, 1.82) is 0 Å². The summed E-state index contributed by atoms with van der Waals surface area (Å²) in [6, 6.07) is 10.0. The number of hydrogen-bond donors (Lipinski definition) is 2. The standard InChI is InChI=1S/C16H21N3O3S2.ClH/c1-12(11-17)19(2)15(20)10-13-5-7-14(8-6-13)18-24(21,22)16-4-3-9-23-16;/h3-9,12,18H,10-11,17H2,1-2H3;1H. The zero-order chi connectivity index (χ0) is 17.7. The summed E-state index contributed by atoms with van der Waals surface area (Å²) >= 11 is 1.16. The Kier molecular flexibility index (Phi) is 7.88. The van der Waals surface area contributed by atoms with Crippen molar-refractivity contribution in [2.24, 2.45) is 5.73 Å². The van der Waals surface area contributed by atoms with Crippen LogP contribution in [0.3, 0.4) is 0 Å². The van der Waals surface area contributed by atoms with Crippen LogP contribution < -0.4 is 10.5 Å². The van der Waals surface area contributed by atoms with Crippen LogP contribution in [0.5, 0.6) is 0 Å². The number of benzene rings is 1. The number of anilines is 1. The van der Waals surface area contributed by atoms with Gasteiger partial charge in [0.25, 0.3) is 10.0 Å². The third kappa shape index (κ3) is 5.71. The summed E-state index contributed by atoms with van der Waals surface area (Å²) in [6.45, 7) is 2.30. The van der Waals surface area contributed by atoms with Gasteiger partial charge in [-0.2, -0.15) is 0 Å². The van der Waals surface area contributed by atoms with Crippen molar-refractivity contribution in [2.75, 3.05) is 18.3 Å². The molecule has 3 N–H and O–H groups in total. The molecule has 1 aromatic heterocycles. The largest absolute Gasteiger partial charge is 0.341 e. The summed E-state index contributed by atoms with van der Waals surface area (Å²) in [5.74, 6) is -0.0279. The summed E-state index contributed by atoms with van der Waals surface area (Å²) in [4.78, 5) is 13.8.